The average Bonchev–Trinajstić information content (AvgIpc) is 2.57. The second kappa shape index (κ2) is 6.88. The zero-order chi connectivity index (χ0) is 23.8. The smallest absolute Gasteiger partial charge is 0.374 e. The molecule has 0 aromatic heterocycles. The zero-order valence-corrected chi connectivity index (χ0v) is 16.8. The largest absolute Gasteiger partial charge is 0.460 e. The Kier molecular flexibility index (Phi) is 5.42. The fraction of sp³-hybridized carbons (Fsp3) is 0.857. The van der Waals surface area contributed by atoms with E-state index in [2.05, 4.69) is 5.32 Å². The van der Waals surface area contributed by atoms with E-state index in [-0.39, 0.29) is 21.9 Å². The molecule has 5 rings (SSSR count). The molecule has 5 aliphatic carbocycles. The third-order valence-electron chi connectivity index (χ3n) is 5.69. The zero-order valence-electron chi connectivity index (χ0n) is 15.1. The molecule has 0 spiro atoms. The van der Waals surface area contributed by atoms with Gasteiger partial charge in [-0.25, -0.2) is 16.8 Å². The first-order chi connectivity index (χ1) is 13.7. The van der Waals surface area contributed by atoms with Crippen molar-refractivity contribution in [2.45, 2.75) is 49.0 Å². The van der Waals surface area contributed by atoms with Crippen LogP contribution >= 0.6 is 0 Å². The fourth-order valence-electron chi connectivity index (χ4n) is 4.32. The third kappa shape index (κ3) is 3.69. The van der Waals surface area contributed by atoms with Crippen LogP contribution < -0.4 is 9.44 Å². The number of alkyl halides is 9. The Hall–Kier alpha value is -1.23. The molecule has 0 aromatic rings. The highest BCUT2D eigenvalue weighted by Gasteiger charge is 2.85. The highest BCUT2D eigenvalue weighted by atomic mass is 32.3. The van der Waals surface area contributed by atoms with Gasteiger partial charge in [-0.05, 0) is 49.0 Å². The van der Waals surface area contributed by atoms with Crippen LogP contribution in [0.1, 0.15) is 25.7 Å². The Bertz CT molecular complexity index is 991. The second-order valence-electron chi connectivity index (χ2n) is 7.79. The fourth-order valence-corrected chi connectivity index (χ4v) is 7.14. The summed E-state index contributed by atoms with van der Waals surface area (Å²) in [6.45, 7) is 0. The maximum Gasteiger partial charge on any atom is 0.460 e. The van der Waals surface area contributed by atoms with Crippen LogP contribution in [-0.4, -0.2) is 46.0 Å². The third-order valence-corrected chi connectivity index (χ3v) is 9.04. The SMILES string of the molecule is O=S(=O)(CNC1=C2C3CC(C1)CC2C3)NS(=O)(=O)C(F)(F)C(F)(F)C(F)(F)C(F)(F)F. The molecule has 2 unspecified atom stereocenters. The summed E-state index contributed by atoms with van der Waals surface area (Å²) in [4.78, 5) is 0. The van der Waals surface area contributed by atoms with Crippen LogP contribution in [-0.2, 0) is 20.0 Å². The molecule has 0 radical (unpaired) electrons. The number of sulfonamides is 2. The Labute approximate surface area is 170 Å². The van der Waals surface area contributed by atoms with Gasteiger partial charge in [0.05, 0.1) is 0 Å². The lowest BCUT2D eigenvalue weighted by Gasteiger charge is -2.53. The molecule has 2 atom stereocenters. The maximum absolute atomic E-state index is 13.6. The van der Waals surface area contributed by atoms with Gasteiger partial charge in [-0.2, -0.15) is 39.5 Å². The van der Waals surface area contributed by atoms with Crippen molar-refractivity contribution in [3.8, 4) is 0 Å². The van der Waals surface area contributed by atoms with Gasteiger partial charge < -0.3 is 5.32 Å². The summed E-state index contributed by atoms with van der Waals surface area (Å²) in [7, 11) is -12.6. The number of hydrogen-bond donors (Lipinski definition) is 2. The molecule has 3 fully saturated rings. The second-order valence-corrected chi connectivity index (χ2v) is 11.5. The van der Waals surface area contributed by atoms with Crippen LogP contribution in [0, 0.1) is 17.8 Å². The first-order valence-corrected chi connectivity index (χ1v) is 11.8. The lowest BCUT2D eigenvalue weighted by molar-refractivity contribution is -0.382. The standard InChI is InChI=1S/C14H15F9N2O4S2/c15-11(16,13(19,20)21)12(17,18)14(22,23)31(28,29)25-30(26,27)5-24-9-3-6-1-7-4-8(2-6)10(7)9/h6-8,24-25H,1-5H2. The van der Waals surface area contributed by atoms with Gasteiger partial charge in [0.2, 0.25) is 10.0 Å². The molecule has 180 valence electrons. The van der Waals surface area contributed by atoms with E-state index in [1.807, 2.05) is 0 Å². The predicted octanol–water partition coefficient (Wildman–Crippen LogP) is 2.91. The first kappa shape index (κ1) is 24.4. The molecule has 5 aliphatic rings. The highest BCUT2D eigenvalue weighted by molar-refractivity contribution is 8.05. The maximum atomic E-state index is 13.6. The van der Waals surface area contributed by atoms with Crippen molar-refractivity contribution in [2.75, 3.05) is 5.88 Å². The topological polar surface area (TPSA) is 92.3 Å². The molecule has 0 heterocycles. The number of fused-ring (bicyclic) bond motifs is 1. The van der Waals surface area contributed by atoms with Gasteiger partial charge in [0.1, 0.15) is 5.88 Å². The van der Waals surface area contributed by atoms with Gasteiger partial charge in [0, 0.05) is 5.70 Å². The Balaban J connectivity index is 1.77. The number of allylic oxidation sites excluding steroid dienone is 2. The summed E-state index contributed by atoms with van der Waals surface area (Å²) in [5, 5.41) is -4.80. The van der Waals surface area contributed by atoms with Crippen molar-refractivity contribution < 1.29 is 56.3 Å². The summed E-state index contributed by atoms with van der Waals surface area (Å²) < 4.78 is 163. The normalized spacial score (nSPS) is 27.3. The first-order valence-electron chi connectivity index (χ1n) is 8.66. The Morgan fingerprint density at radius 1 is 0.806 bits per heavy atom. The Morgan fingerprint density at radius 3 is 1.77 bits per heavy atom. The van der Waals surface area contributed by atoms with Crippen LogP contribution in [0.25, 0.3) is 0 Å². The predicted molar refractivity (Wildman–Crippen MR) is 85.8 cm³/mol. The summed E-state index contributed by atoms with van der Waals surface area (Å²) in [5.41, 5.74) is 1.34. The van der Waals surface area contributed by atoms with E-state index < -0.39 is 49.2 Å². The molecule has 6 nitrogen and oxygen atoms in total. The van der Waals surface area contributed by atoms with Gasteiger partial charge in [-0.1, -0.05) is 0 Å². The van der Waals surface area contributed by atoms with E-state index >= 15 is 0 Å². The number of nitrogens with one attached hydrogen (secondary N) is 2. The summed E-state index contributed by atoms with van der Waals surface area (Å²) in [5.74, 6) is -15.7. The number of hydrogen-bond acceptors (Lipinski definition) is 5. The van der Waals surface area contributed by atoms with E-state index in [4.69, 9.17) is 0 Å². The molecular formula is C14H15F9N2O4S2. The molecule has 0 amide bonds. The monoisotopic (exact) mass is 510 g/mol. The minimum absolute atomic E-state index is 0.137. The van der Waals surface area contributed by atoms with E-state index in [0.29, 0.717) is 12.1 Å². The average molecular weight is 510 g/mol. The van der Waals surface area contributed by atoms with Crippen molar-refractivity contribution in [3.63, 3.8) is 0 Å². The van der Waals surface area contributed by atoms with E-state index in [1.165, 1.54) is 0 Å². The van der Waals surface area contributed by atoms with Gasteiger partial charge in [0.15, 0.2) is 0 Å². The van der Waals surface area contributed by atoms with E-state index in [1.54, 1.807) is 0 Å². The van der Waals surface area contributed by atoms with Crippen molar-refractivity contribution in [1.82, 2.24) is 9.44 Å². The van der Waals surface area contributed by atoms with Crippen LogP contribution in [0.2, 0.25) is 0 Å². The summed E-state index contributed by atoms with van der Waals surface area (Å²) >= 11 is 0. The molecule has 0 aromatic carbocycles. The van der Waals surface area contributed by atoms with Crippen LogP contribution in [0.3, 0.4) is 0 Å². The van der Waals surface area contributed by atoms with Crippen LogP contribution in [0.5, 0.6) is 0 Å². The molecule has 31 heavy (non-hydrogen) atoms. The number of rotatable bonds is 8. The van der Waals surface area contributed by atoms with Crippen molar-refractivity contribution in [2.24, 2.45) is 17.8 Å². The highest BCUT2D eigenvalue weighted by Crippen LogP contribution is 2.59. The van der Waals surface area contributed by atoms with Gasteiger partial charge in [-0.3, -0.25) is 0 Å². The van der Waals surface area contributed by atoms with Gasteiger partial charge in [0.25, 0.3) is 10.0 Å². The van der Waals surface area contributed by atoms with Gasteiger partial charge >= 0.3 is 23.3 Å². The lowest BCUT2D eigenvalue weighted by Crippen LogP contribution is -2.65. The molecule has 2 N–H and O–H groups in total. The quantitative estimate of drug-likeness (QED) is 0.490. The summed E-state index contributed by atoms with van der Waals surface area (Å²) in [6, 6.07) is 0. The molecular weight excluding hydrogens is 495 g/mol. The van der Waals surface area contributed by atoms with Crippen molar-refractivity contribution in [3.05, 3.63) is 11.3 Å². The minimum Gasteiger partial charge on any atom is -0.374 e. The molecule has 17 heteroatoms. The van der Waals surface area contributed by atoms with E-state index in [9.17, 15) is 56.3 Å². The molecule has 0 saturated heterocycles. The number of halogens is 9. The van der Waals surface area contributed by atoms with Crippen LogP contribution in [0.4, 0.5) is 39.5 Å². The summed E-state index contributed by atoms with van der Waals surface area (Å²) in [6.07, 6.45) is -4.21. The molecule has 4 bridgehead atoms. The molecule has 0 aliphatic heterocycles. The lowest BCUT2D eigenvalue weighted by atomic mass is 9.53. The Morgan fingerprint density at radius 2 is 1.32 bits per heavy atom. The molecule has 3 saturated carbocycles. The van der Waals surface area contributed by atoms with Gasteiger partial charge in [-0.15, -0.1) is 4.13 Å². The van der Waals surface area contributed by atoms with E-state index in [0.717, 1.165) is 24.8 Å². The van der Waals surface area contributed by atoms with Crippen molar-refractivity contribution >= 4 is 20.0 Å². The van der Waals surface area contributed by atoms with Crippen LogP contribution in [0.15, 0.2) is 11.3 Å². The minimum atomic E-state index is -7.51. The van der Waals surface area contributed by atoms with Crippen molar-refractivity contribution in [1.29, 1.82) is 0 Å².